The molecule has 4 heteroatoms. The second-order valence-electron chi connectivity index (χ2n) is 6.07. The maximum atomic E-state index is 11.5. The van der Waals surface area contributed by atoms with Crippen molar-refractivity contribution in [1.82, 2.24) is 4.90 Å². The van der Waals surface area contributed by atoms with E-state index in [1.54, 1.807) is 6.07 Å². The minimum atomic E-state index is -0.159. The second kappa shape index (κ2) is 6.15. The molecule has 0 saturated heterocycles. The predicted octanol–water partition coefficient (Wildman–Crippen LogP) is 3.87. The number of Topliss-reactive ketones (excluding diaryl/α,β-unsaturated/α-hetero) is 1. The van der Waals surface area contributed by atoms with E-state index in [1.807, 2.05) is 0 Å². The number of rotatable bonds is 6. The third-order valence-corrected chi connectivity index (χ3v) is 3.79. The molecule has 0 unspecified atom stereocenters. The highest BCUT2D eigenvalue weighted by Crippen LogP contribution is 2.33. The van der Waals surface area contributed by atoms with Gasteiger partial charge in [0.2, 0.25) is 0 Å². The molecule has 0 spiro atoms. The largest absolute Gasteiger partial charge is 0.507 e. The van der Waals surface area contributed by atoms with Gasteiger partial charge in [-0.15, -0.1) is 0 Å². The van der Waals surface area contributed by atoms with E-state index in [1.165, 1.54) is 25.8 Å². The van der Waals surface area contributed by atoms with Gasteiger partial charge in [-0.2, -0.15) is 0 Å². The molecule has 1 saturated carbocycles. The fourth-order valence-electron chi connectivity index (χ4n) is 2.51. The van der Waals surface area contributed by atoms with Crippen LogP contribution in [0.5, 0.6) is 5.75 Å². The van der Waals surface area contributed by atoms with Crippen molar-refractivity contribution in [3.05, 3.63) is 28.3 Å². The fraction of sp³-hybridized carbons (Fsp3) is 0.562. The van der Waals surface area contributed by atoms with Crippen molar-refractivity contribution in [2.75, 3.05) is 6.54 Å². The molecule has 1 N–H and O–H groups in total. The first kappa shape index (κ1) is 15.3. The van der Waals surface area contributed by atoms with Gasteiger partial charge in [0.05, 0.1) is 5.56 Å². The minimum absolute atomic E-state index is 0.0799. The number of phenolic OH excluding ortho intramolecular Hbond substituents is 1. The van der Waals surface area contributed by atoms with E-state index in [2.05, 4.69) is 18.7 Å². The number of aromatic hydroxyl groups is 1. The number of benzene rings is 1. The zero-order valence-electron chi connectivity index (χ0n) is 12.3. The van der Waals surface area contributed by atoms with Gasteiger partial charge >= 0.3 is 0 Å². The number of carbonyl (C=O) groups excluding carboxylic acids is 1. The Hall–Kier alpha value is -1.06. The van der Waals surface area contributed by atoms with Gasteiger partial charge in [0.15, 0.2) is 5.78 Å². The number of hydrogen-bond acceptors (Lipinski definition) is 3. The Morgan fingerprint density at radius 3 is 2.60 bits per heavy atom. The number of nitrogens with zero attached hydrogens (tertiary/aromatic N) is 1. The molecule has 0 aromatic heterocycles. The van der Waals surface area contributed by atoms with E-state index in [-0.39, 0.29) is 11.5 Å². The van der Waals surface area contributed by atoms with E-state index in [9.17, 15) is 9.90 Å². The van der Waals surface area contributed by atoms with Crippen LogP contribution < -0.4 is 0 Å². The Morgan fingerprint density at radius 2 is 2.10 bits per heavy atom. The topological polar surface area (TPSA) is 40.5 Å². The average molecular weight is 296 g/mol. The molecule has 0 heterocycles. The number of ketones is 1. The normalized spacial score (nSPS) is 15.1. The molecule has 3 nitrogen and oxygen atoms in total. The lowest BCUT2D eigenvalue weighted by Crippen LogP contribution is -2.29. The van der Waals surface area contributed by atoms with Crippen LogP contribution in [0.2, 0.25) is 5.02 Å². The van der Waals surface area contributed by atoms with E-state index in [0.29, 0.717) is 29.1 Å². The Kier molecular flexibility index (Phi) is 4.71. The SMILES string of the molecule is CC(=O)c1cc(Cl)cc(CN(CC(C)C)C2CC2)c1O. The molecule has 0 atom stereocenters. The van der Waals surface area contributed by atoms with Crippen LogP contribution in [-0.2, 0) is 6.54 Å². The van der Waals surface area contributed by atoms with Crippen LogP contribution in [-0.4, -0.2) is 28.4 Å². The molecule has 2 rings (SSSR count). The maximum Gasteiger partial charge on any atom is 0.163 e. The highest BCUT2D eigenvalue weighted by molar-refractivity contribution is 6.31. The Morgan fingerprint density at radius 1 is 1.45 bits per heavy atom. The Labute approximate surface area is 125 Å². The third kappa shape index (κ3) is 3.74. The summed E-state index contributed by atoms with van der Waals surface area (Å²) in [4.78, 5) is 13.9. The molecule has 1 aromatic carbocycles. The number of hydrogen-bond donors (Lipinski definition) is 1. The monoisotopic (exact) mass is 295 g/mol. The van der Waals surface area contributed by atoms with Gasteiger partial charge in [0, 0.05) is 29.7 Å². The number of carbonyl (C=O) groups is 1. The minimum Gasteiger partial charge on any atom is -0.507 e. The zero-order chi connectivity index (χ0) is 14.9. The van der Waals surface area contributed by atoms with E-state index in [4.69, 9.17) is 11.6 Å². The van der Waals surface area contributed by atoms with Crippen LogP contribution in [0.4, 0.5) is 0 Å². The lowest BCUT2D eigenvalue weighted by atomic mass is 10.0. The van der Waals surface area contributed by atoms with E-state index in [0.717, 1.165) is 12.1 Å². The molecular weight excluding hydrogens is 274 g/mol. The van der Waals surface area contributed by atoms with Crippen LogP contribution in [0, 0.1) is 5.92 Å². The Balaban J connectivity index is 2.25. The first-order chi connectivity index (χ1) is 9.38. The van der Waals surface area contributed by atoms with Gasteiger partial charge in [0.1, 0.15) is 5.75 Å². The Bertz CT molecular complexity index is 509. The van der Waals surface area contributed by atoms with Crippen molar-refractivity contribution < 1.29 is 9.90 Å². The standard InChI is InChI=1S/C16H22ClNO2/c1-10(2)8-18(14-4-5-14)9-12-6-13(17)7-15(11(3)19)16(12)20/h6-7,10,14,20H,4-5,8-9H2,1-3H3. The maximum absolute atomic E-state index is 11.5. The van der Waals surface area contributed by atoms with Crippen molar-refractivity contribution in [3.8, 4) is 5.75 Å². The molecule has 1 aliphatic rings. The molecule has 0 radical (unpaired) electrons. The summed E-state index contributed by atoms with van der Waals surface area (Å²) in [6.45, 7) is 7.46. The highest BCUT2D eigenvalue weighted by Gasteiger charge is 2.30. The van der Waals surface area contributed by atoms with Crippen LogP contribution >= 0.6 is 11.6 Å². The van der Waals surface area contributed by atoms with Crippen molar-refractivity contribution >= 4 is 17.4 Å². The molecule has 1 aliphatic carbocycles. The van der Waals surface area contributed by atoms with E-state index >= 15 is 0 Å². The van der Waals surface area contributed by atoms with Gasteiger partial charge in [-0.25, -0.2) is 0 Å². The summed E-state index contributed by atoms with van der Waals surface area (Å²) in [6.07, 6.45) is 2.43. The number of phenols is 1. The summed E-state index contributed by atoms with van der Waals surface area (Å²) >= 11 is 6.07. The molecule has 110 valence electrons. The van der Waals surface area contributed by atoms with Crippen LogP contribution in [0.25, 0.3) is 0 Å². The highest BCUT2D eigenvalue weighted by atomic mass is 35.5. The van der Waals surface area contributed by atoms with Gasteiger partial charge in [0.25, 0.3) is 0 Å². The van der Waals surface area contributed by atoms with Crippen molar-refractivity contribution in [2.24, 2.45) is 5.92 Å². The van der Waals surface area contributed by atoms with Crippen molar-refractivity contribution in [2.45, 2.75) is 46.2 Å². The quantitative estimate of drug-likeness (QED) is 0.810. The predicted molar refractivity (Wildman–Crippen MR) is 81.4 cm³/mol. The lowest BCUT2D eigenvalue weighted by molar-refractivity contribution is 0.101. The number of halogens is 1. The summed E-state index contributed by atoms with van der Waals surface area (Å²) in [5.41, 5.74) is 1.06. The summed E-state index contributed by atoms with van der Waals surface area (Å²) in [5.74, 6) is 0.494. The van der Waals surface area contributed by atoms with Gasteiger partial charge in [-0.1, -0.05) is 25.4 Å². The summed E-state index contributed by atoms with van der Waals surface area (Å²) in [5, 5.41) is 10.8. The average Bonchev–Trinajstić information content (AvgIpc) is 3.15. The summed E-state index contributed by atoms with van der Waals surface area (Å²) < 4.78 is 0. The van der Waals surface area contributed by atoms with Crippen LogP contribution in [0.1, 0.15) is 49.5 Å². The van der Waals surface area contributed by atoms with E-state index < -0.39 is 0 Å². The first-order valence-electron chi connectivity index (χ1n) is 7.15. The molecule has 0 aliphatic heterocycles. The molecule has 0 amide bonds. The van der Waals surface area contributed by atoms with Gasteiger partial charge in [-0.3, -0.25) is 9.69 Å². The second-order valence-corrected chi connectivity index (χ2v) is 6.51. The first-order valence-corrected chi connectivity index (χ1v) is 7.52. The summed E-state index contributed by atoms with van der Waals surface area (Å²) in [6, 6.07) is 3.91. The van der Waals surface area contributed by atoms with Crippen LogP contribution in [0.15, 0.2) is 12.1 Å². The zero-order valence-corrected chi connectivity index (χ0v) is 13.1. The van der Waals surface area contributed by atoms with Crippen molar-refractivity contribution in [3.63, 3.8) is 0 Å². The van der Waals surface area contributed by atoms with Crippen LogP contribution in [0.3, 0.4) is 0 Å². The summed E-state index contributed by atoms with van der Waals surface area (Å²) in [7, 11) is 0. The molecule has 0 bridgehead atoms. The molecule has 1 fully saturated rings. The third-order valence-electron chi connectivity index (χ3n) is 3.57. The molecule has 1 aromatic rings. The fourth-order valence-corrected chi connectivity index (χ4v) is 2.76. The van der Waals surface area contributed by atoms with Gasteiger partial charge in [-0.05, 0) is 37.8 Å². The lowest BCUT2D eigenvalue weighted by Gasteiger charge is -2.25. The van der Waals surface area contributed by atoms with Gasteiger partial charge < -0.3 is 5.11 Å². The molecule has 20 heavy (non-hydrogen) atoms. The molecular formula is C16H22ClNO2. The smallest absolute Gasteiger partial charge is 0.163 e. The van der Waals surface area contributed by atoms with Crippen molar-refractivity contribution in [1.29, 1.82) is 0 Å².